The zero-order valence-electron chi connectivity index (χ0n) is 43.7. The van der Waals surface area contributed by atoms with Gasteiger partial charge in [-0.25, -0.2) is 25.3 Å². The van der Waals surface area contributed by atoms with Gasteiger partial charge in [-0.15, -0.1) is 43.0 Å². The van der Waals surface area contributed by atoms with Gasteiger partial charge in [0.15, 0.2) is 0 Å². The number of aryl methyl sites for hydroxylation is 1. The van der Waals surface area contributed by atoms with E-state index in [0.29, 0.717) is 78.3 Å². The summed E-state index contributed by atoms with van der Waals surface area (Å²) in [6, 6.07) is 19.2. The van der Waals surface area contributed by atoms with E-state index in [1.165, 1.54) is 30.4 Å². The van der Waals surface area contributed by atoms with Crippen molar-refractivity contribution in [1.29, 1.82) is 0 Å². The Bertz CT molecular complexity index is 3450. The minimum Gasteiger partial charge on any atom is -0.744 e. The average molecular weight is 1220 g/mol. The zero-order valence-corrected chi connectivity index (χ0v) is 57.7. The summed E-state index contributed by atoms with van der Waals surface area (Å²) in [6.07, 6.45) is 2.94. The molecule has 6 aromatic rings. The molecule has 78 heavy (non-hydrogen) atoms. The van der Waals surface area contributed by atoms with E-state index in [1.807, 2.05) is 39.5 Å². The molecule has 2 aromatic heterocycles. The number of nitrogens with one attached hydrogen (secondary N) is 4. The van der Waals surface area contributed by atoms with Gasteiger partial charge < -0.3 is 50.0 Å². The van der Waals surface area contributed by atoms with Gasteiger partial charge in [-0.2, -0.15) is 39.8 Å². The first-order valence-corrected chi connectivity index (χ1v) is 26.9. The van der Waals surface area contributed by atoms with Crippen LogP contribution in [0.25, 0.3) is 12.2 Å². The van der Waals surface area contributed by atoms with Crippen LogP contribution in [0.5, 0.6) is 0 Å². The molecular formula is C41H41N12Na5O15S5. The normalized spacial score (nSPS) is 10.9. The van der Waals surface area contributed by atoms with E-state index in [1.54, 1.807) is 35.2 Å². The van der Waals surface area contributed by atoms with Gasteiger partial charge in [0, 0.05) is 31.9 Å². The van der Waals surface area contributed by atoms with Gasteiger partial charge in [0.25, 0.3) is 0 Å². The molecule has 0 radical (unpaired) electrons. The predicted molar refractivity (Wildman–Crippen MR) is 260 cm³/mol. The summed E-state index contributed by atoms with van der Waals surface area (Å²) in [7, 11) is -18.4. The van der Waals surface area contributed by atoms with Gasteiger partial charge in [0.2, 0.25) is 35.7 Å². The Balaban J connectivity index is 0.00000636. The number of hydrogen-bond donors (Lipinski definition) is 4. The SMILES string of the molecule is CCN(CC)c1nc(Nc2ccc(/C=C/c3[c-]cc(Nc4nc(Nc5cc(S(=O)(=O)[O-])ccc5S(=O)(=O)[O-])nc(N(CC)CC)n4)cc3)c(S(=O)(=O)[O-])c2)nc(Nc2cc(C)ccc2SOO[O-])n1.O=S(=O)=O.[Na+].[Na+].[Na+].[Na+].[Na+]. The second-order valence-electron chi connectivity index (χ2n) is 14.5. The van der Waals surface area contributed by atoms with E-state index < -0.39 is 61.3 Å². The molecule has 0 fully saturated rings. The summed E-state index contributed by atoms with van der Waals surface area (Å²) in [5, 5.41) is 25.6. The molecule has 0 saturated heterocycles. The van der Waals surface area contributed by atoms with Crippen LogP contribution in [-0.4, -0.2) is 108 Å². The van der Waals surface area contributed by atoms with Crippen LogP contribution < -0.4 is 184 Å². The third kappa shape index (κ3) is 23.3. The summed E-state index contributed by atoms with van der Waals surface area (Å²) in [4.78, 5) is 28.4. The number of aromatic nitrogens is 6. The van der Waals surface area contributed by atoms with Crippen molar-refractivity contribution < 1.29 is 214 Å². The standard InChI is InChI=1S/C41H45N12O12S4.5Na.O3S/c1-6-52(7-2)40-48-36(46-39(51-40)45-32-24-30(67(55,56)57)19-21-34(32)68(58,59)60)42-28-16-12-26(13-17-28)11-14-27-15-18-29(23-35(27)69(61,62)63)43-37-47-38(50-41(49-37)53(8-3)9-4)44-31-22-25(5)10-20-33(31)66-65-64-54;;;;;;1-4(2)3/h10-12,14-24,54H,6-9H2,1-5H3,(H,55,56,57)(H,58,59,60)(H,61,62,63)(H2,42,45,46,48,51)(H2,43,44,47,49,50);;;;;;/q-1;5*+1;/p-4/b14-11+;;;;;;. The molecule has 37 heteroatoms. The monoisotopic (exact) mass is 1220 g/mol. The molecule has 4 aromatic carbocycles. The fraction of sp³-hybridized carbons (Fsp3) is 0.220. The molecular weight excluding hydrogens is 1180 g/mol. The molecule has 0 bridgehead atoms. The maximum absolute atomic E-state index is 12.6. The van der Waals surface area contributed by atoms with Crippen LogP contribution in [0.2, 0.25) is 0 Å². The minimum atomic E-state index is -5.17. The summed E-state index contributed by atoms with van der Waals surface area (Å²) in [5.41, 5.74) is 1.86. The first-order valence-electron chi connectivity index (χ1n) is 20.9. The maximum Gasteiger partial charge on any atom is 1.00 e. The Labute approximate surface area is 566 Å². The van der Waals surface area contributed by atoms with Crippen molar-refractivity contribution >= 4 is 124 Å². The van der Waals surface area contributed by atoms with Crippen molar-refractivity contribution in [3.8, 4) is 0 Å². The van der Waals surface area contributed by atoms with Gasteiger partial charge in [-0.1, -0.05) is 18.2 Å². The van der Waals surface area contributed by atoms with E-state index >= 15 is 0 Å². The smallest absolute Gasteiger partial charge is 0.744 e. The molecule has 0 atom stereocenters. The molecule has 0 spiro atoms. The van der Waals surface area contributed by atoms with Gasteiger partial charge in [0.1, 0.15) is 30.4 Å². The first kappa shape index (κ1) is 76.0. The van der Waals surface area contributed by atoms with E-state index in [4.69, 9.17) is 12.6 Å². The molecule has 390 valence electrons. The van der Waals surface area contributed by atoms with E-state index in [-0.39, 0.29) is 195 Å². The Kier molecular flexibility index (Phi) is 34.3. The molecule has 0 amide bonds. The summed E-state index contributed by atoms with van der Waals surface area (Å²) in [5.74, 6) is 0.116. The van der Waals surface area contributed by atoms with Gasteiger partial charge in [-0.3, -0.25) is 5.04 Å². The topological polar surface area (TPSA) is 396 Å². The molecule has 27 nitrogen and oxygen atoms in total. The largest absolute Gasteiger partial charge is 1.00 e. The van der Waals surface area contributed by atoms with Crippen LogP contribution in [0.1, 0.15) is 44.4 Å². The summed E-state index contributed by atoms with van der Waals surface area (Å²) < 4.78 is 139. The van der Waals surface area contributed by atoms with Crippen molar-refractivity contribution in [2.75, 3.05) is 57.2 Å². The van der Waals surface area contributed by atoms with Crippen molar-refractivity contribution in [2.45, 2.75) is 54.2 Å². The Morgan fingerprint density at radius 2 is 1.08 bits per heavy atom. The zero-order chi connectivity index (χ0) is 53.7. The third-order valence-corrected chi connectivity index (χ3v) is 13.0. The minimum absolute atomic E-state index is 0. The number of benzene rings is 4. The van der Waals surface area contributed by atoms with Gasteiger partial charge in [-0.05, 0) is 93.9 Å². The van der Waals surface area contributed by atoms with E-state index in [2.05, 4.69) is 66.6 Å². The molecule has 6 rings (SSSR count). The fourth-order valence-corrected chi connectivity index (χ4v) is 8.59. The molecule has 4 N–H and O–H groups in total. The number of rotatable bonds is 22. The van der Waals surface area contributed by atoms with E-state index in [0.717, 1.165) is 11.6 Å². The average Bonchev–Trinajstić information content (AvgIpc) is 3.31. The van der Waals surface area contributed by atoms with Crippen LogP contribution in [0.3, 0.4) is 0 Å². The van der Waals surface area contributed by atoms with Crippen LogP contribution in [0, 0.1) is 13.0 Å². The molecule has 0 aliphatic rings. The fourth-order valence-electron chi connectivity index (χ4n) is 6.36. The van der Waals surface area contributed by atoms with E-state index in [9.17, 15) is 44.2 Å². The van der Waals surface area contributed by atoms with Gasteiger partial charge in [0.05, 0.1) is 43.0 Å². The van der Waals surface area contributed by atoms with Crippen LogP contribution in [0.15, 0.2) is 92.4 Å². The number of anilines is 10. The van der Waals surface area contributed by atoms with Gasteiger partial charge >= 0.3 is 158 Å². The predicted octanol–water partition coefficient (Wildman–Crippen LogP) is -11.0. The van der Waals surface area contributed by atoms with Crippen molar-refractivity contribution in [1.82, 2.24) is 29.9 Å². The van der Waals surface area contributed by atoms with Crippen LogP contribution in [0.4, 0.5) is 58.4 Å². The van der Waals surface area contributed by atoms with Crippen LogP contribution in [-0.2, 0) is 50.3 Å². The maximum atomic E-state index is 12.6. The Hall–Kier alpha value is -1.98. The first-order chi connectivity index (χ1) is 34.4. The number of hydrogen-bond acceptors (Lipinski definition) is 28. The quantitative estimate of drug-likeness (QED) is 0.00932. The molecule has 0 aliphatic heterocycles. The second kappa shape index (κ2) is 35.2. The molecule has 0 aliphatic carbocycles. The van der Waals surface area contributed by atoms with Crippen LogP contribution >= 0.6 is 12.0 Å². The summed E-state index contributed by atoms with van der Waals surface area (Å²) >= 11 is 0.674. The molecule has 0 unspecified atom stereocenters. The second-order valence-corrected chi connectivity index (χ2v) is 19.7. The Morgan fingerprint density at radius 3 is 1.54 bits per heavy atom. The molecule has 2 heterocycles. The third-order valence-electron chi connectivity index (χ3n) is 9.70. The number of nitrogens with zero attached hydrogens (tertiary/aromatic N) is 8. The van der Waals surface area contributed by atoms with Crippen molar-refractivity contribution in [2.24, 2.45) is 0 Å². The Morgan fingerprint density at radius 1 is 0.590 bits per heavy atom. The molecule has 0 saturated carbocycles. The summed E-state index contributed by atoms with van der Waals surface area (Å²) in [6.45, 7) is 11.3. The van der Waals surface area contributed by atoms with Crippen molar-refractivity contribution in [3.63, 3.8) is 0 Å². The van der Waals surface area contributed by atoms with Crippen molar-refractivity contribution in [3.05, 3.63) is 95.6 Å².